The largest absolute Gasteiger partial charge is 0.399 e. The normalized spacial score (nSPS) is 10.8. The molecule has 0 aliphatic carbocycles. The van der Waals surface area contributed by atoms with Gasteiger partial charge in [-0.2, -0.15) is 9.36 Å². The van der Waals surface area contributed by atoms with Gasteiger partial charge in [-0.05, 0) is 52.7 Å². The number of aryl methyl sites for hydroxylation is 1. The van der Waals surface area contributed by atoms with E-state index in [1.807, 2.05) is 25.1 Å². The lowest BCUT2D eigenvalue weighted by molar-refractivity contribution is 0.631. The second-order valence-corrected chi connectivity index (χ2v) is 5.44. The first-order valence-corrected chi connectivity index (χ1v) is 7.06. The molecule has 0 radical (unpaired) electrons. The van der Waals surface area contributed by atoms with Crippen LogP contribution in [-0.2, 0) is 6.54 Å². The van der Waals surface area contributed by atoms with Crippen molar-refractivity contribution in [3.05, 3.63) is 69.1 Å². The van der Waals surface area contributed by atoms with Gasteiger partial charge in [0.1, 0.15) is 0 Å². The predicted molar refractivity (Wildman–Crippen MR) is 85.3 cm³/mol. The van der Waals surface area contributed by atoms with Crippen molar-refractivity contribution in [2.75, 3.05) is 5.73 Å². The van der Waals surface area contributed by atoms with Crippen LogP contribution in [0.15, 0.2) is 47.3 Å². The van der Waals surface area contributed by atoms with Crippen molar-refractivity contribution >= 4 is 17.3 Å². The number of halogens is 1. The zero-order valence-corrected chi connectivity index (χ0v) is 12.7. The molecule has 0 atom stereocenters. The maximum atomic E-state index is 12.4. The lowest BCUT2D eigenvalue weighted by atomic mass is 10.1. The topological polar surface area (TPSA) is 78.7 Å². The standard InChI is InChI=1S/C15H14ClN5O/c1-10-7-11(5-6-14(10)17)9-20-15(22)21(19-18-20)13-4-2-3-12(16)8-13/h2-8H,9,17H2,1H3. The van der Waals surface area contributed by atoms with Crippen molar-refractivity contribution in [2.24, 2.45) is 0 Å². The van der Waals surface area contributed by atoms with E-state index in [0.29, 0.717) is 17.3 Å². The molecule has 0 unspecified atom stereocenters. The molecule has 22 heavy (non-hydrogen) atoms. The average molecular weight is 316 g/mol. The number of aromatic nitrogens is 4. The molecule has 0 fully saturated rings. The van der Waals surface area contributed by atoms with Crippen LogP contribution in [0.4, 0.5) is 5.69 Å². The van der Waals surface area contributed by atoms with Crippen molar-refractivity contribution in [1.29, 1.82) is 0 Å². The van der Waals surface area contributed by atoms with Crippen LogP contribution in [0.25, 0.3) is 5.69 Å². The average Bonchev–Trinajstić information content (AvgIpc) is 2.84. The first-order valence-electron chi connectivity index (χ1n) is 6.68. The number of anilines is 1. The quantitative estimate of drug-likeness (QED) is 0.750. The maximum absolute atomic E-state index is 12.4. The lowest BCUT2D eigenvalue weighted by Gasteiger charge is -2.04. The Morgan fingerprint density at radius 3 is 2.73 bits per heavy atom. The van der Waals surface area contributed by atoms with E-state index < -0.39 is 0 Å². The van der Waals surface area contributed by atoms with Gasteiger partial charge in [-0.3, -0.25) is 0 Å². The Bertz CT molecular complexity index is 884. The molecule has 0 amide bonds. The summed E-state index contributed by atoms with van der Waals surface area (Å²) in [7, 11) is 0. The third-order valence-corrected chi connectivity index (χ3v) is 3.59. The maximum Gasteiger partial charge on any atom is 0.368 e. The van der Waals surface area contributed by atoms with E-state index in [2.05, 4.69) is 10.4 Å². The number of tetrazole rings is 1. The summed E-state index contributed by atoms with van der Waals surface area (Å²) in [5.74, 6) is 0. The third-order valence-electron chi connectivity index (χ3n) is 3.36. The first-order chi connectivity index (χ1) is 10.5. The molecule has 112 valence electrons. The van der Waals surface area contributed by atoms with Gasteiger partial charge in [-0.15, -0.1) is 0 Å². The molecule has 0 saturated carbocycles. The van der Waals surface area contributed by atoms with Gasteiger partial charge in [-0.1, -0.05) is 29.8 Å². The van der Waals surface area contributed by atoms with Crippen molar-refractivity contribution in [3.8, 4) is 5.69 Å². The van der Waals surface area contributed by atoms with Crippen molar-refractivity contribution in [1.82, 2.24) is 19.8 Å². The Hall–Kier alpha value is -2.60. The SMILES string of the molecule is Cc1cc(Cn2nnn(-c3cccc(Cl)c3)c2=O)ccc1N. The van der Waals surface area contributed by atoms with E-state index in [-0.39, 0.29) is 5.69 Å². The van der Waals surface area contributed by atoms with E-state index in [9.17, 15) is 4.79 Å². The Morgan fingerprint density at radius 1 is 1.18 bits per heavy atom. The Kier molecular flexibility index (Phi) is 3.68. The molecule has 2 aromatic carbocycles. The zero-order chi connectivity index (χ0) is 15.7. The zero-order valence-electron chi connectivity index (χ0n) is 11.9. The second-order valence-electron chi connectivity index (χ2n) is 5.00. The smallest absolute Gasteiger partial charge is 0.368 e. The molecule has 1 heterocycles. The summed E-state index contributed by atoms with van der Waals surface area (Å²) in [6.45, 7) is 2.25. The minimum Gasteiger partial charge on any atom is -0.399 e. The molecule has 0 spiro atoms. The molecule has 0 aliphatic heterocycles. The summed E-state index contributed by atoms with van der Waals surface area (Å²) in [5, 5.41) is 8.34. The highest BCUT2D eigenvalue weighted by Gasteiger charge is 2.10. The van der Waals surface area contributed by atoms with Crippen LogP contribution >= 0.6 is 11.6 Å². The summed E-state index contributed by atoms with van der Waals surface area (Å²) in [6.07, 6.45) is 0. The minimum absolute atomic E-state index is 0.322. The van der Waals surface area contributed by atoms with Gasteiger partial charge < -0.3 is 5.73 Å². The summed E-state index contributed by atoms with van der Waals surface area (Å²) < 4.78 is 2.52. The summed E-state index contributed by atoms with van der Waals surface area (Å²) in [6, 6.07) is 12.5. The van der Waals surface area contributed by atoms with Crippen molar-refractivity contribution in [2.45, 2.75) is 13.5 Å². The Balaban J connectivity index is 1.93. The monoisotopic (exact) mass is 315 g/mol. The van der Waals surface area contributed by atoms with E-state index in [1.165, 1.54) is 9.36 Å². The number of rotatable bonds is 3. The fraction of sp³-hybridized carbons (Fsp3) is 0.133. The Morgan fingerprint density at radius 2 is 2.00 bits per heavy atom. The fourth-order valence-electron chi connectivity index (χ4n) is 2.15. The van der Waals surface area contributed by atoms with Crippen LogP contribution in [0.1, 0.15) is 11.1 Å². The number of hydrogen-bond acceptors (Lipinski definition) is 4. The predicted octanol–water partition coefficient (Wildman–Crippen LogP) is 2.02. The fourth-order valence-corrected chi connectivity index (χ4v) is 2.34. The molecule has 0 bridgehead atoms. The van der Waals surface area contributed by atoms with E-state index in [1.54, 1.807) is 24.3 Å². The van der Waals surface area contributed by atoms with Crippen LogP contribution in [0.2, 0.25) is 5.02 Å². The highest BCUT2D eigenvalue weighted by molar-refractivity contribution is 6.30. The van der Waals surface area contributed by atoms with Crippen LogP contribution in [-0.4, -0.2) is 19.8 Å². The number of nitrogens with two attached hydrogens (primary N) is 1. The molecule has 0 saturated heterocycles. The number of nitrogen functional groups attached to an aromatic ring is 1. The first kappa shape index (κ1) is 14.3. The summed E-state index contributed by atoms with van der Waals surface area (Å²) in [4.78, 5) is 12.4. The molecule has 3 rings (SSSR count). The molecule has 7 heteroatoms. The third kappa shape index (κ3) is 2.73. The van der Waals surface area contributed by atoms with E-state index in [0.717, 1.165) is 16.8 Å². The molecule has 3 aromatic rings. The van der Waals surface area contributed by atoms with Gasteiger partial charge in [-0.25, -0.2) is 4.79 Å². The minimum atomic E-state index is -0.322. The van der Waals surface area contributed by atoms with Crippen LogP contribution in [0.3, 0.4) is 0 Å². The highest BCUT2D eigenvalue weighted by Crippen LogP contribution is 2.14. The number of hydrogen-bond donors (Lipinski definition) is 1. The summed E-state index contributed by atoms with van der Waals surface area (Å²) in [5.41, 5.74) is 8.67. The molecular formula is C15H14ClN5O. The van der Waals surface area contributed by atoms with Crippen molar-refractivity contribution < 1.29 is 0 Å². The molecule has 0 aliphatic rings. The van der Waals surface area contributed by atoms with Crippen molar-refractivity contribution in [3.63, 3.8) is 0 Å². The van der Waals surface area contributed by atoms with Gasteiger partial charge in [0.15, 0.2) is 0 Å². The van der Waals surface area contributed by atoms with Gasteiger partial charge in [0.05, 0.1) is 12.2 Å². The Labute approximate surface area is 131 Å². The second kappa shape index (κ2) is 5.65. The van der Waals surface area contributed by atoms with Gasteiger partial charge in [0.25, 0.3) is 0 Å². The molecular weight excluding hydrogens is 302 g/mol. The lowest BCUT2D eigenvalue weighted by Crippen LogP contribution is -2.24. The number of nitrogens with zero attached hydrogens (tertiary/aromatic N) is 4. The number of benzene rings is 2. The van der Waals surface area contributed by atoms with Gasteiger partial charge in [0, 0.05) is 10.7 Å². The highest BCUT2D eigenvalue weighted by atomic mass is 35.5. The van der Waals surface area contributed by atoms with Crippen LogP contribution < -0.4 is 11.4 Å². The molecule has 1 aromatic heterocycles. The van der Waals surface area contributed by atoms with Gasteiger partial charge >= 0.3 is 5.69 Å². The van der Waals surface area contributed by atoms with E-state index >= 15 is 0 Å². The van der Waals surface area contributed by atoms with Crippen LogP contribution in [0.5, 0.6) is 0 Å². The summed E-state index contributed by atoms with van der Waals surface area (Å²) >= 11 is 5.93. The molecule has 2 N–H and O–H groups in total. The van der Waals surface area contributed by atoms with E-state index in [4.69, 9.17) is 17.3 Å². The van der Waals surface area contributed by atoms with Gasteiger partial charge in [0.2, 0.25) is 0 Å². The molecule has 6 nitrogen and oxygen atoms in total. The van der Waals surface area contributed by atoms with Crippen LogP contribution in [0, 0.1) is 6.92 Å².